The molecule has 22 heavy (non-hydrogen) atoms. The third-order valence-corrected chi connectivity index (χ3v) is 5.07. The number of carbonyl (C=O) groups is 1. The Morgan fingerprint density at radius 1 is 1.18 bits per heavy atom. The van der Waals surface area contributed by atoms with E-state index >= 15 is 0 Å². The second-order valence-corrected chi connectivity index (χ2v) is 6.83. The van der Waals surface area contributed by atoms with E-state index in [1.165, 1.54) is 12.5 Å². The quantitative estimate of drug-likeness (QED) is 0.913. The summed E-state index contributed by atoms with van der Waals surface area (Å²) in [5, 5.41) is 0. The van der Waals surface area contributed by atoms with Crippen LogP contribution < -0.4 is 5.73 Å². The predicted octanol–water partition coefficient (Wildman–Crippen LogP) is 3.05. The Morgan fingerprint density at radius 3 is 2.68 bits per heavy atom. The fraction of sp³-hybridized carbons (Fsp3) is 0.611. The van der Waals surface area contributed by atoms with Gasteiger partial charge < -0.3 is 10.6 Å². The van der Waals surface area contributed by atoms with Crippen molar-refractivity contribution in [2.75, 3.05) is 13.1 Å². The molecule has 0 aromatic heterocycles. The highest BCUT2D eigenvalue weighted by atomic mass is 19.1. The first-order chi connectivity index (χ1) is 10.6. The summed E-state index contributed by atoms with van der Waals surface area (Å²) >= 11 is 0. The molecule has 1 aliphatic carbocycles. The molecule has 3 rings (SSSR count). The van der Waals surface area contributed by atoms with Crippen molar-refractivity contribution >= 4 is 5.91 Å². The zero-order valence-electron chi connectivity index (χ0n) is 13.0. The summed E-state index contributed by atoms with van der Waals surface area (Å²) in [4.78, 5) is 14.7. The van der Waals surface area contributed by atoms with E-state index in [0.29, 0.717) is 13.1 Å². The van der Waals surface area contributed by atoms with E-state index in [4.69, 9.17) is 5.73 Å². The maximum absolute atomic E-state index is 13.5. The molecule has 1 aromatic rings. The van der Waals surface area contributed by atoms with Gasteiger partial charge in [-0.15, -0.1) is 0 Å². The van der Waals surface area contributed by atoms with Crippen LogP contribution in [-0.2, 0) is 4.79 Å². The second-order valence-electron chi connectivity index (χ2n) is 6.83. The van der Waals surface area contributed by atoms with Crippen LogP contribution in [0, 0.1) is 11.7 Å². The minimum absolute atomic E-state index is 0.0189. The van der Waals surface area contributed by atoms with Gasteiger partial charge in [0.2, 0.25) is 5.91 Å². The molecular weight excluding hydrogens is 279 g/mol. The molecule has 2 atom stereocenters. The highest BCUT2D eigenvalue weighted by molar-refractivity contribution is 5.79. The fourth-order valence-electron chi connectivity index (χ4n) is 3.93. The van der Waals surface area contributed by atoms with Gasteiger partial charge in [-0.25, -0.2) is 4.39 Å². The lowest BCUT2D eigenvalue weighted by atomic mass is 9.85. The summed E-state index contributed by atoms with van der Waals surface area (Å²) in [6.45, 7) is 1.31. The van der Waals surface area contributed by atoms with Gasteiger partial charge in [-0.05, 0) is 37.0 Å². The largest absolute Gasteiger partial charge is 0.340 e. The average Bonchev–Trinajstić information content (AvgIpc) is 2.54. The lowest BCUT2D eigenvalue weighted by molar-refractivity contribution is -0.138. The van der Waals surface area contributed by atoms with E-state index in [1.807, 2.05) is 11.0 Å². The number of amides is 1. The maximum atomic E-state index is 13.5. The van der Waals surface area contributed by atoms with Crippen LogP contribution in [0.5, 0.6) is 0 Å². The number of nitrogens with zero attached hydrogens (tertiary/aromatic N) is 1. The summed E-state index contributed by atoms with van der Waals surface area (Å²) in [5.41, 5.74) is 7.13. The Hall–Kier alpha value is -1.42. The molecule has 3 nitrogen and oxygen atoms in total. The molecule has 1 saturated carbocycles. The van der Waals surface area contributed by atoms with E-state index in [1.54, 1.807) is 12.1 Å². The molecule has 2 unspecified atom stereocenters. The molecule has 2 N–H and O–H groups in total. The number of benzene rings is 1. The first-order valence-electron chi connectivity index (χ1n) is 8.43. The van der Waals surface area contributed by atoms with Gasteiger partial charge in [0.1, 0.15) is 5.82 Å². The molecule has 120 valence electrons. The van der Waals surface area contributed by atoms with Gasteiger partial charge in [0, 0.05) is 31.0 Å². The van der Waals surface area contributed by atoms with Crippen molar-refractivity contribution in [3.8, 4) is 0 Å². The van der Waals surface area contributed by atoms with Crippen LogP contribution in [0.4, 0.5) is 4.39 Å². The van der Waals surface area contributed by atoms with Crippen molar-refractivity contribution in [3.05, 3.63) is 35.6 Å². The molecule has 1 aliphatic heterocycles. The molecule has 1 heterocycles. The molecule has 2 fully saturated rings. The van der Waals surface area contributed by atoms with Crippen molar-refractivity contribution in [2.24, 2.45) is 11.7 Å². The van der Waals surface area contributed by atoms with Crippen molar-refractivity contribution in [3.63, 3.8) is 0 Å². The second kappa shape index (κ2) is 6.78. The molecule has 0 bridgehead atoms. The van der Waals surface area contributed by atoms with Crippen LogP contribution in [0.2, 0.25) is 0 Å². The fourth-order valence-corrected chi connectivity index (χ4v) is 3.93. The highest BCUT2D eigenvalue weighted by Crippen LogP contribution is 2.30. The van der Waals surface area contributed by atoms with E-state index in [-0.39, 0.29) is 29.6 Å². The van der Waals surface area contributed by atoms with Crippen LogP contribution in [0.25, 0.3) is 0 Å². The smallest absolute Gasteiger partial charge is 0.225 e. The minimum Gasteiger partial charge on any atom is -0.340 e. The summed E-state index contributed by atoms with van der Waals surface area (Å²) in [6, 6.07) is 6.69. The Morgan fingerprint density at radius 2 is 1.95 bits per heavy atom. The highest BCUT2D eigenvalue weighted by Gasteiger charge is 2.33. The van der Waals surface area contributed by atoms with Crippen LogP contribution in [0.3, 0.4) is 0 Å². The lowest BCUT2D eigenvalue weighted by Gasteiger charge is -2.39. The third kappa shape index (κ3) is 3.49. The zero-order chi connectivity index (χ0) is 15.5. The van der Waals surface area contributed by atoms with E-state index in [9.17, 15) is 9.18 Å². The number of hydrogen-bond donors (Lipinski definition) is 1. The molecule has 2 aliphatic rings. The maximum Gasteiger partial charge on any atom is 0.225 e. The third-order valence-electron chi connectivity index (χ3n) is 5.07. The topological polar surface area (TPSA) is 46.3 Å². The number of halogens is 1. The number of hydrogen-bond acceptors (Lipinski definition) is 2. The molecule has 0 radical (unpaired) electrons. The number of piperidine rings is 1. The number of carbonyl (C=O) groups excluding carboxylic acids is 1. The van der Waals surface area contributed by atoms with Gasteiger partial charge in [-0.1, -0.05) is 31.4 Å². The van der Waals surface area contributed by atoms with E-state index < -0.39 is 0 Å². The molecule has 1 aromatic carbocycles. The predicted molar refractivity (Wildman–Crippen MR) is 84.9 cm³/mol. The van der Waals surface area contributed by atoms with Crippen molar-refractivity contribution in [2.45, 2.75) is 50.5 Å². The monoisotopic (exact) mass is 304 g/mol. The molecule has 1 saturated heterocycles. The average molecular weight is 304 g/mol. The Bertz CT molecular complexity index is 528. The van der Waals surface area contributed by atoms with Gasteiger partial charge in [-0.2, -0.15) is 0 Å². The Labute approximate surface area is 131 Å². The molecule has 1 amide bonds. The number of nitrogens with two attached hydrogens (primary N) is 1. The lowest BCUT2D eigenvalue weighted by Crippen LogP contribution is -2.50. The van der Waals surface area contributed by atoms with E-state index in [0.717, 1.165) is 37.7 Å². The van der Waals surface area contributed by atoms with E-state index in [2.05, 4.69) is 0 Å². The molecular formula is C18H25FN2O. The summed E-state index contributed by atoms with van der Waals surface area (Å²) in [5.74, 6) is 0.359. The molecule has 0 spiro atoms. The summed E-state index contributed by atoms with van der Waals surface area (Å²) < 4.78 is 13.5. The number of rotatable bonds is 2. The van der Waals surface area contributed by atoms with Crippen LogP contribution in [0.1, 0.15) is 50.0 Å². The Balaban J connectivity index is 1.71. The zero-order valence-corrected chi connectivity index (χ0v) is 13.0. The van der Waals surface area contributed by atoms with Crippen molar-refractivity contribution in [1.29, 1.82) is 0 Å². The van der Waals surface area contributed by atoms with Crippen molar-refractivity contribution < 1.29 is 9.18 Å². The van der Waals surface area contributed by atoms with Crippen LogP contribution >= 0.6 is 0 Å². The first-order valence-corrected chi connectivity index (χ1v) is 8.43. The SMILES string of the molecule is NC1CC(c2cccc(F)c2)CN(C(=O)C2CCCCC2)C1. The summed E-state index contributed by atoms with van der Waals surface area (Å²) in [7, 11) is 0. The van der Waals surface area contributed by atoms with Gasteiger partial charge in [0.05, 0.1) is 0 Å². The Kier molecular flexibility index (Phi) is 4.77. The van der Waals surface area contributed by atoms with Gasteiger partial charge in [0.25, 0.3) is 0 Å². The van der Waals surface area contributed by atoms with Gasteiger partial charge in [0.15, 0.2) is 0 Å². The van der Waals surface area contributed by atoms with Crippen LogP contribution in [0.15, 0.2) is 24.3 Å². The van der Waals surface area contributed by atoms with Crippen LogP contribution in [-0.4, -0.2) is 29.9 Å². The number of likely N-dealkylation sites (tertiary alicyclic amines) is 1. The normalized spacial score (nSPS) is 26.9. The minimum atomic E-state index is -0.221. The standard InChI is InChI=1S/C18H25FN2O/c19-16-8-4-7-14(9-16)15-10-17(20)12-21(11-15)18(22)13-5-2-1-3-6-13/h4,7-9,13,15,17H,1-3,5-6,10-12,20H2. The van der Waals surface area contributed by atoms with Gasteiger partial charge >= 0.3 is 0 Å². The first kappa shape index (κ1) is 15.5. The summed E-state index contributed by atoms with van der Waals surface area (Å²) in [6.07, 6.45) is 6.39. The van der Waals surface area contributed by atoms with Gasteiger partial charge in [-0.3, -0.25) is 4.79 Å². The van der Waals surface area contributed by atoms with Crippen molar-refractivity contribution in [1.82, 2.24) is 4.90 Å². The molecule has 4 heteroatoms.